The van der Waals surface area contributed by atoms with Gasteiger partial charge in [0.15, 0.2) is 5.75 Å². The van der Waals surface area contributed by atoms with Crippen molar-refractivity contribution in [2.75, 3.05) is 5.73 Å². The van der Waals surface area contributed by atoms with Crippen molar-refractivity contribution in [1.82, 2.24) is 0 Å². The fraction of sp³-hybridized carbons (Fsp3) is 0.250. The SMILES string of the molecule is NCc1cccc(N)c1OC(F)(F)F. The molecule has 14 heavy (non-hydrogen) atoms. The van der Waals surface area contributed by atoms with Crippen LogP contribution in [0, 0.1) is 0 Å². The number of benzene rings is 1. The van der Waals surface area contributed by atoms with Gasteiger partial charge in [-0.1, -0.05) is 12.1 Å². The van der Waals surface area contributed by atoms with Gasteiger partial charge < -0.3 is 16.2 Å². The predicted octanol–water partition coefficient (Wildman–Crippen LogP) is 1.63. The Balaban J connectivity index is 3.05. The maximum Gasteiger partial charge on any atom is 0.573 e. The number of nitrogens with two attached hydrogens (primary N) is 2. The van der Waals surface area contributed by atoms with E-state index in [9.17, 15) is 13.2 Å². The van der Waals surface area contributed by atoms with Crippen LogP contribution in [0.4, 0.5) is 18.9 Å². The average molecular weight is 206 g/mol. The molecular formula is C8H9F3N2O. The lowest BCUT2D eigenvalue weighted by Gasteiger charge is -2.14. The highest BCUT2D eigenvalue weighted by atomic mass is 19.4. The first-order chi connectivity index (χ1) is 6.44. The van der Waals surface area contributed by atoms with E-state index < -0.39 is 12.1 Å². The van der Waals surface area contributed by atoms with Gasteiger partial charge in [-0.3, -0.25) is 0 Å². The Kier molecular flexibility index (Phi) is 2.85. The minimum atomic E-state index is -4.75. The molecule has 0 spiro atoms. The first kappa shape index (κ1) is 10.6. The number of nitrogen functional groups attached to an aromatic ring is 1. The van der Waals surface area contributed by atoms with E-state index in [4.69, 9.17) is 11.5 Å². The summed E-state index contributed by atoms with van der Waals surface area (Å²) in [6, 6.07) is 4.26. The maximum atomic E-state index is 11.9. The zero-order valence-electron chi connectivity index (χ0n) is 7.14. The van der Waals surface area contributed by atoms with E-state index >= 15 is 0 Å². The van der Waals surface area contributed by atoms with Crippen LogP contribution in [-0.4, -0.2) is 6.36 Å². The van der Waals surface area contributed by atoms with E-state index in [1.165, 1.54) is 18.2 Å². The van der Waals surface area contributed by atoms with Crippen molar-refractivity contribution in [2.45, 2.75) is 12.9 Å². The summed E-state index contributed by atoms with van der Waals surface area (Å²) in [6.45, 7) is -0.0591. The largest absolute Gasteiger partial charge is 0.573 e. The van der Waals surface area contributed by atoms with Gasteiger partial charge in [0.25, 0.3) is 0 Å². The summed E-state index contributed by atoms with van der Waals surface area (Å²) in [5, 5.41) is 0. The third-order valence-corrected chi connectivity index (χ3v) is 1.56. The van der Waals surface area contributed by atoms with Crippen LogP contribution in [0.5, 0.6) is 5.75 Å². The fourth-order valence-corrected chi connectivity index (χ4v) is 1.01. The van der Waals surface area contributed by atoms with Gasteiger partial charge in [-0.05, 0) is 6.07 Å². The smallest absolute Gasteiger partial charge is 0.403 e. The molecule has 0 aromatic heterocycles. The molecule has 0 heterocycles. The van der Waals surface area contributed by atoms with E-state index in [-0.39, 0.29) is 17.8 Å². The lowest BCUT2D eigenvalue weighted by Crippen LogP contribution is -2.19. The monoisotopic (exact) mass is 206 g/mol. The highest BCUT2D eigenvalue weighted by Gasteiger charge is 2.32. The van der Waals surface area contributed by atoms with Gasteiger partial charge in [0.2, 0.25) is 0 Å². The van der Waals surface area contributed by atoms with Crippen molar-refractivity contribution in [3.05, 3.63) is 23.8 Å². The minimum Gasteiger partial charge on any atom is -0.403 e. The Bertz CT molecular complexity index is 325. The Morgan fingerprint density at radius 3 is 2.43 bits per heavy atom. The Hall–Kier alpha value is -1.43. The molecule has 0 amide bonds. The number of anilines is 1. The van der Waals surface area contributed by atoms with Gasteiger partial charge in [0.05, 0.1) is 5.69 Å². The molecule has 3 nitrogen and oxygen atoms in total. The molecule has 0 atom stereocenters. The highest BCUT2D eigenvalue weighted by Crippen LogP contribution is 2.31. The normalized spacial score (nSPS) is 11.4. The molecule has 1 aromatic rings. The number of hydrogen-bond donors (Lipinski definition) is 2. The molecule has 0 aliphatic heterocycles. The summed E-state index contributed by atoms with van der Waals surface area (Å²) in [5.74, 6) is -0.414. The van der Waals surface area contributed by atoms with Crippen LogP contribution in [0.3, 0.4) is 0 Å². The fourth-order valence-electron chi connectivity index (χ4n) is 1.01. The summed E-state index contributed by atoms with van der Waals surface area (Å²) in [6.07, 6.45) is -4.75. The maximum absolute atomic E-state index is 11.9. The first-order valence-corrected chi connectivity index (χ1v) is 3.77. The van der Waals surface area contributed by atoms with Crippen LogP contribution in [0.1, 0.15) is 5.56 Å². The first-order valence-electron chi connectivity index (χ1n) is 3.77. The second-order valence-corrected chi connectivity index (χ2v) is 2.59. The molecule has 1 rings (SSSR count). The molecule has 0 fully saturated rings. The molecule has 0 aliphatic rings. The zero-order chi connectivity index (χ0) is 10.8. The van der Waals surface area contributed by atoms with Gasteiger partial charge >= 0.3 is 6.36 Å². The summed E-state index contributed by atoms with van der Waals surface area (Å²) in [7, 11) is 0. The predicted molar refractivity (Wildman–Crippen MR) is 45.4 cm³/mol. The number of alkyl halides is 3. The van der Waals surface area contributed by atoms with Crippen molar-refractivity contribution in [1.29, 1.82) is 0 Å². The second-order valence-electron chi connectivity index (χ2n) is 2.59. The quantitative estimate of drug-likeness (QED) is 0.723. The lowest BCUT2D eigenvalue weighted by molar-refractivity contribution is -0.274. The molecule has 1 aromatic carbocycles. The molecular weight excluding hydrogens is 197 g/mol. The molecule has 0 saturated heterocycles. The Morgan fingerprint density at radius 2 is 1.93 bits per heavy atom. The molecule has 6 heteroatoms. The van der Waals surface area contributed by atoms with Gasteiger partial charge in [-0.25, -0.2) is 0 Å². The van der Waals surface area contributed by atoms with Crippen LogP contribution < -0.4 is 16.2 Å². The van der Waals surface area contributed by atoms with Gasteiger partial charge in [-0.15, -0.1) is 13.2 Å². The second kappa shape index (κ2) is 3.75. The molecule has 4 N–H and O–H groups in total. The van der Waals surface area contributed by atoms with Gasteiger partial charge in [0, 0.05) is 12.1 Å². The van der Waals surface area contributed by atoms with Crippen LogP contribution in [0.25, 0.3) is 0 Å². The number of ether oxygens (including phenoxy) is 1. The van der Waals surface area contributed by atoms with E-state index in [2.05, 4.69) is 4.74 Å². The van der Waals surface area contributed by atoms with Crippen molar-refractivity contribution in [2.24, 2.45) is 5.73 Å². The van der Waals surface area contributed by atoms with Crippen molar-refractivity contribution in [3.63, 3.8) is 0 Å². The standard InChI is InChI=1S/C8H9F3N2O/c9-8(10,11)14-7-5(4-12)2-1-3-6(7)13/h1-3H,4,12-13H2. The van der Waals surface area contributed by atoms with Crippen LogP contribution >= 0.6 is 0 Å². The zero-order valence-corrected chi connectivity index (χ0v) is 7.14. The number of halogens is 3. The Morgan fingerprint density at radius 1 is 1.29 bits per heavy atom. The molecule has 0 unspecified atom stereocenters. The average Bonchev–Trinajstić information content (AvgIpc) is 2.06. The number of hydrogen-bond acceptors (Lipinski definition) is 3. The van der Waals surface area contributed by atoms with Gasteiger partial charge in [0.1, 0.15) is 0 Å². The van der Waals surface area contributed by atoms with Crippen molar-refractivity contribution < 1.29 is 17.9 Å². The molecule has 0 radical (unpaired) electrons. The molecule has 0 aliphatic carbocycles. The van der Waals surface area contributed by atoms with E-state index in [1.54, 1.807) is 0 Å². The Labute approximate surface area is 78.5 Å². The summed E-state index contributed by atoms with van der Waals surface area (Å²) >= 11 is 0. The van der Waals surface area contributed by atoms with Crippen molar-refractivity contribution in [3.8, 4) is 5.75 Å². The molecule has 0 saturated carbocycles. The lowest BCUT2D eigenvalue weighted by atomic mass is 10.2. The molecule has 0 bridgehead atoms. The topological polar surface area (TPSA) is 61.3 Å². The number of rotatable bonds is 2. The van der Waals surface area contributed by atoms with Crippen molar-refractivity contribution >= 4 is 5.69 Å². The summed E-state index contributed by atoms with van der Waals surface area (Å²) in [5.41, 5.74) is 10.7. The van der Waals surface area contributed by atoms with Crippen LogP contribution in [0.15, 0.2) is 18.2 Å². The third-order valence-electron chi connectivity index (χ3n) is 1.56. The molecule has 78 valence electrons. The van der Waals surface area contributed by atoms with E-state index in [1.807, 2.05) is 0 Å². The van der Waals surface area contributed by atoms with Crippen LogP contribution in [0.2, 0.25) is 0 Å². The minimum absolute atomic E-state index is 0.0591. The highest BCUT2D eigenvalue weighted by molar-refractivity contribution is 5.56. The third kappa shape index (κ3) is 2.53. The van der Waals surface area contributed by atoms with E-state index in [0.29, 0.717) is 0 Å². The van der Waals surface area contributed by atoms with Gasteiger partial charge in [-0.2, -0.15) is 0 Å². The number of para-hydroxylation sites is 1. The van der Waals surface area contributed by atoms with Crippen LogP contribution in [-0.2, 0) is 6.54 Å². The van der Waals surface area contributed by atoms with E-state index in [0.717, 1.165) is 0 Å². The summed E-state index contributed by atoms with van der Waals surface area (Å²) < 4.78 is 39.5. The summed E-state index contributed by atoms with van der Waals surface area (Å²) in [4.78, 5) is 0.